The number of carboxylic acids is 1. The lowest BCUT2D eigenvalue weighted by Crippen LogP contribution is -2.42. The van der Waals surface area contributed by atoms with Crippen LogP contribution in [0.2, 0.25) is 0 Å². The second-order valence-electron chi connectivity index (χ2n) is 6.49. The number of hydrogen-bond donors (Lipinski definition) is 1. The molecule has 3 fully saturated rings. The molecule has 3 atom stereocenters. The number of carbonyl (C=O) groups excluding carboxylic acids is 1. The molecule has 3 aliphatic heterocycles. The van der Waals surface area contributed by atoms with E-state index in [0.717, 1.165) is 5.56 Å². The minimum absolute atomic E-state index is 0.0323. The van der Waals surface area contributed by atoms with Gasteiger partial charge in [-0.05, 0) is 5.56 Å². The van der Waals surface area contributed by atoms with Crippen LogP contribution in [0.5, 0.6) is 0 Å². The number of likely N-dealkylation sites (tertiary alicyclic amines) is 1. The Labute approximate surface area is 144 Å². The Hall–Kier alpha value is -2.16. The van der Waals surface area contributed by atoms with Crippen molar-refractivity contribution in [2.45, 2.75) is 37.1 Å². The summed E-state index contributed by atoms with van der Waals surface area (Å²) in [6.45, 7) is 0.951. The zero-order chi connectivity index (χ0) is 17.4. The van der Waals surface area contributed by atoms with Gasteiger partial charge >= 0.3 is 12.1 Å². The minimum atomic E-state index is -1.10. The number of fused-ring (bicyclic) bond motifs is 1. The van der Waals surface area contributed by atoms with E-state index in [1.165, 1.54) is 4.90 Å². The Kier molecular flexibility index (Phi) is 4.10. The summed E-state index contributed by atoms with van der Waals surface area (Å²) in [5.74, 6) is -2.19. The number of nitrogens with zero attached hydrogens (tertiary/aromatic N) is 1. The number of rotatable bonds is 3. The Morgan fingerprint density at radius 3 is 2.52 bits per heavy atom. The highest BCUT2D eigenvalue weighted by molar-refractivity contribution is 5.81. The summed E-state index contributed by atoms with van der Waals surface area (Å²) in [4.78, 5) is 25.2. The fourth-order valence-electron chi connectivity index (χ4n) is 3.54. The van der Waals surface area contributed by atoms with E-state index in [1.54, 1.807) is 0 Å². The van der Waals surface area contributed by atoms with Crippen molar-refractivity contribution in [1.29, 1.82) is 0 Å². The monoisotopic (exact) mass is 349 g/mol. The smallest absolute Gasteiger partial charge is 0.411 e. The molecular formula is C17H19NO7. The van der Waals surface area contributed by atoms with Gasteiger partial charge in [0.1, 0.15) is 24.9 Å². The maximum Gasteiger partial charge on any atom is 0.411 e. The van der Waals surface area contributed by atoms with Gasteiger partial charge in [-0.3, -0.25) is 4.90 Å². The van der Waals surface area contributed by atoms with E-state index < -0.39 is 23.9 Å². The predicted molar refractivity (Wildman–Crippen MR) is 82.7 cm³/mol. The molecule has 1 aromatic carbocycles. The molecule has 134 valence electrons. The van der Waals surface area contributed by atoms with E-state index >= 15 is 0 Å². The van der Waals surface area contributed by atoms with Crippen LogP contribution >= 0.6 is 0 Å². The van der Waals surface area contributed by atoms with Gasteiger partial charge in [0.15, 0.2) is 5.79 Å². The lowest BCUT2D eigenvalue weighted by Gasteiger charge is -2.24. The topological polar surface area (TPSA) is 94.5 Å². The number of ether oxygens (including phenoxy) is 4. The van der Waals surface area contributed by atoms with E-state index in [-0.39, 0.29) is 31.8 Å². The number of carbonyl (C=O) groups is 2. The average Bonchev–Trinajstić information content (AvgIpc) is 3.27. The molecule has 8 heteroatoms. The van der Waals surface area contributed by atoms with Crippen molar-refractivity contribution < 1.29 is 33.6 Å². The van der Waals surface area contributed by atoms with Crippen LogP contribution < -0.4 is 0 Å². The molecule has 1 aromatic rings. The molecule has 1 amide bonds. The first-order valence-electron chi connectivity index (χ1n) is 8.20. The van der Waals surface area contributed by atoms with Crippen LogP contribution in [0.3, 0.4) is 0 Å². The molecule has 0 aromatic heterocycles. The zero-order valence-corrected chi connectivity index (χ0v) is 13.5. The molecule has 0 saturated carbocycles. The molecule has 8 nitrogen and oxygen atoms in total. The fraction of sp³-hybridized carbons (Fsp3) is 0.529. The third-order valence-electron chi connectivity index (χ3n) is 4.73. The SMILES string of the molecule is O=C(O)[C@@H]1CC2(CN1C(=O)OCc1ccccc1)OC1COCC1O2. The van der Waals surface area contributed by atoms with Gasteiger partial charge in [-0.2, -0.15) is 0 Å². The molecule has 1 N–H and O–H groups in total. The Morgan fingerprint density at radius 1 is 1.20 bits per heavy atom. The van der Waals surface area contributed by atoms with Gasteiger partial charge in [0.25, 0.3) is 0 Å². The first-order valence-corrected chi connectivity index (χ1v) is 8.20. The van der Waals surface area contributed by atoms with Crippen LogP contribution in [-0.2, 0) is 30.3 Å². The van der Waals surface area contributed by atoms with Gasteiger partial charge < -0.3 is 24.1 Å². The molecular weight excluding hydrogens is 330 g/mol. The molecule has 2 unspecified atom stereocenters. The number of hydrogen-bond acceptors (Lipinski definition) is 6. The second-order valence-corrected chi connectivity index (χ2v) is 6.49. The van der Waals surface area contributed by atoms with E-state index in [2.05, 4.69) is 0 Å². The standard InChI is InChI=1S/C17H19NO7/c19-15(20)12-6-17(24-13-8-22-9-14(13)25-17)10-18(12)16(21)23-7-11-4-2-1-3-5-11/h1-5,12-14H,6-10H2,(H,19,20)/t12-,13?,14?,17?/m0/s1. The predicted octanol–water partition coefficient (Wildman–Crippen LogP) is 0.993. The number of carboxylic acid groups (broad SMARTS) is 1. The number of benzene rings is 1. The molecule has 3 heterocycles. The van der Waals surface area contributed by atoms with Crippen molar-refractivity contribution in [3.63, 3.8) is 0 Å². The van der Waals surface area contributed by atoms with Gasteiger partial charge in [-0.1, -0.05) is 30.3 Å². The normalized spacial score (nSPS) is 33.6. The molecule has 4 rings (SSSR count). The maximum absolute atomic E-state index is 12.4. The second kappa shape index (κ2) is 6.29. The summed E-state index contributed by atoms with van der Waals surface area (Å²) in [5.41, 5.74) is 0.830. The summed E-state index contributed by atoms with van der Waals surface area (Å²) >= 11 is 0. The van der Waals surface area contributed by atoms with Crippen molar-refractivity contribution in [3.8, 4) is 0 Å². The maximum atomic E-state index is 12.4. The largest absolute Gasteiger partial charge is 0.480 e. The lowest BCUT2D eigenvalue weighted by molar-refractivity contribution is -0.181. The molecule has 1 spiro atoms. The van der Waals surface area contributed by atoms with E-state index in [4.69, 9.17) is 18.9 Å². The Morgan fingerprint density at radius 2 is 1.88 bits per heavy atom. The van der Waals surface area contributed by atoms with Gasteiger partial charge in [0.05, 0.1) is 19.8 Å². The summed E-state index contributed by atoms with van der Waals surface area (Å²) < 4.78 is 22.4. The minimum Gasteiger partial charge on any atom is -0.480 e. The molecule has 0 aliphatic carbocycles. The van der Waals surface area contributed by atoms with Crippen LogP contribution in [0.25, 0.3) is 0 Å². The fourth-order valence-corrected chi connectivity index (χ4v) is 3.54. The average molecular weight is 349 g/mol. The van der Waals surface area contributed by atoms with E-state index in [9.17, 15) is 14.7 Å². The summed E-state index contributed by atoms with van der Waals surface area (Å²) in [6.07, 6.45) is -1.03. The van der Waals surface area contributed by atoms with Crippen molar-refractivity contribution in [1.82, 2.24) is 4.90 Å². The van der Waals surface area contributed by atoms with Crippen LogP contribution in [-0.4, -0.2) is 65.9 Å². The molecule has 3 saturated heterocycles. The van der Waals surface area contributed by atoms with Gasteiger partial charge in [0, 0.05) is 6.42 Å². The highest BCUT2D eigenvalue weighted by Crippen LogP contribution is 2.41. The van der Waals surface area contributed by atoms with E-state index in [1.807, 2.05) is 30.3 Å². The Balaban J connectivity index is 1.44. The van der Waals surface area contributed by atoms with Crippen LogP contribution in [0, 0.1) is 0 Å². The van der Waals surface area contributed by atoms with Crippen molar-refractivity contribution in [2.24, 2.45) is 0 Å². The van der Waals surface area contributed by atoms with Crippen LogP contribution in [0.1, 0.15) is 12.0 Å². The van der Waals surface area contributed by atoms with Gasteiger partial charge in [-0.15, -0.1) is 0 Å². The lowest BCUT2D eigenvalue weighted by atomic mass is 10.1. The molecule has 0 bridgehead atoms. The Bertz CT molecular complexity index is 652. The molecule has 25 heavy (non-hydrogen) atoms. The first kappa shape index (κ1) is 16.3. The summed E-state index contributed by atoms with van der Waals surface area (Å²) in [5, 5.41) is 9.48. The third kappa shape index (κ3) is 3.08. The van der Waals surface area contributed by atoms with Crippen molar-refractivity contribution >= 4 is 12.1 Å². The van der Waals surface area contributed by atoms with E-state index in [0.29, 0.717) is 13.2 Å². The summed E-state index contributed by atoms with van der Waals surface area (Å²) in [6, 6.07) is 8.17. The quantitative estimate of drug-likeness (QED) is 0.869. The number of amides is 1. The molecule has 0 radical (unpaired) electrons. The number of aliphatic carboxylic acids is 1. The zero-order valence-electron chi connectivity index (χ0n) is 13.5. The highest BCUT2D eigenvalue weighted by Gasteiger charge is 2.59. The van der Waals surface area contributed by atoms with Gasteiger partial charge in [-0.25, -0.2) is 9.59 Å². The van der Waals surface area contributed by atoms with Gasteiger partial charge in [0.2, 0.25) is 0 Å². The highest BCUT2D eigenvalue weighted by atomic mass is 16.8. The first-order chi connectivity index (χ1) is 12.1. The third-order valence-corrected chi connectivity index (χ3v) is 4.73. The van der Waals surface area contributed by atoms with Crippen LogP contribution in [0.15, 0.2) is 30.3 Å². The van der Waals surface area contributed by atoms with Crippen molar-refractivity contribution in [2.75, 3.05) is 19.8 Å². The molecule has 3 aliphatic rings. The van der Waals surface area contributed by atoms with Crippen molar-refractivity contribution in [3.05, 3.63) is 35.9 Å². The summed E-state index contributed by atoms with van der Waals surface area (Å²) in [7, 11) is 0. The van der Waals surface area contributed by atoms with Crippen LogP contribution in [0.4, 0.5) is 4.79 Å².